The van der Waals surface area contributed by atoms with Crippen LogP contribution in [-0.4, -0.2) is 40.4 Å². The van der Waals surface area contributed by atoms with Crippen molar-refractivity contribution < 1.29 is 19.5 Å². The zero-order valence-corrected chi connectivity index (χ0v) is 14.8. The van der Waals surface area contributed by atoms with E-state index in [0.29, 0.717) is 25.1 Å². The highest BCUT2D eigenvalue weighted by molar-refractivity contribution is 5.97. The molecule has 0 spiro atoms. The van der Waals surface area contributed by atoms with Crippen LogP contribution in [0.5, 0.6) is 0 Å². The Morgan fingerprint density at radius 1 is 1.28 bits per heavy atom. The highest BCUT2D eigenvalue weighted by Gasteiger charge is 2.33. The first kappa shape index (κ1) is 19.0. The normalized spacial score (nSPS) is 17.4. The van der Waals surface area contributed by atoms with Gasteiger partial charge in [0.25, 0.3) is 0 Å². The predicted octanol–water partition coefficient (Wildman–Crippen LogP) is 2.68. The van der Waals surface area contributed by atoms with E-state index in [1.54, 1.807) is 23.1 Å². The lowest BCUT2D eigenvalue weighted by atomic mass is 9.99. The van der Waals surface area contributed by atoms with Crippen LogP contribution >= 0.6 is 0 Å². The number of carboxylic acid groups (broad SMARTS) is 1. The zero-order chi connectivity index (χ0) is 18.4. The second-order valence-electron chi connectivity index (χ2n) is 6.78. The average molecular weight is 346 g/mol. The number of benzene rings is 1. The number of carbonyl (C=O) groups is 3. The standard InChI is InChI=1S/C19H26N2O4/c1-13(2)19(25)21-11-4-3-8-16(21)18(24)20-15-7-5-6-14(12-15)9-10-17(22)23/h5-7,12-13,16H,3-4,8-11H2,1-2H3,(H,20,24)(H,22,23). The first-order valence-corrected chi connectivity index (χ1v) is 8.80. The molecule has 0 radical (unpaired) electrons. The van der Waals surface area contributed by atoms with E-state index in [4.69, 9.17) is 5.11 Å². The Morgan fingerprint density at radius 2 is 2.04 bits per heavy atom. The third-order valence-corrected chi connectivity index (χ3v) is 4.40. The van der Waals surface area contributed by atoms with Gasteiger partial charge >= 0.3 is 5.97 Å². The Labute approximate surface area is 148 Å². The van der Waals surface area contributed by atoms with E-state index in [-0.39, 0.29) is 24.2 Å². The van der Waals surface area contributed by atoms with E-state index in [9.17, 15) is 14.4 Å². The van der Waals surface area contributed by atoms with Gasteiger partial charge in [-0.15, -0.1) is 0 Å². The number of hydrogen-bond donors (Lipinski definition) is 2. The smallest absolute Gasteiger partial charge is 0.303 e. The van der Waals surface area contributed by atoms with Crippen molar-refractivity contribution >= 4 is 23.5 Å². The number of likely N-dealkylation sites (tertiary alicyclic amines) is 1. The van der Waals surface area contributed by atoms with E-state index in [0.717, 1.165) is 18.4 Å². The van der Waals surface area contributed by atoms with E-state index < -0.39 is 12.0 Å². The molecule has 1 aliphatic heterocycles. The molecule has 6 nitrogen and oxygen atoms in total. The number of carboxylic acids is 1. The maximum Gasteiger partial charge on any atom is 0.303 e. The van der Waals surface area contributed by atoms with Crippen LogP contribution in [0.4, 0.5) is 5.69 Å². The van der Waals surface area contributed by atoms with Gasteiger partial charge in [-0.1, -0.05) is 26.0 Å². The fraction of sp³-hybridized carbons (Fsp3) is 0.526. The van der Waals surface area contributed by atoms with Crippen LogP contribution in [-0.2, 0) is 20.8 Å². The summed E-state index contributed by atoms with van der Waals surface area (Å²) in [4.78, 5) is 37.4. The Kier molecular flexibility index (Phi) is 6.56. The molecule has 0 aliphatic carbocycles. The van der Waals surface area contributed by atoms with Gasteiger partial charge in [0.15, 0.2) is 0 Å². The minimum Gasteiger partial charge on any atom is -0.481 e. The van der Waals surface area contributed by atoms with E-state index >= 15 is 0 Å². The van der Waals surface area contributed by atoms with Gasteiger partial charge in [-0.3, -0.25) is 14.4 Å². The van der Waals surface area contributed by atoms with Gasteiger partial charge in [0.1, 0.15) is 6.04 Å². The molecule has 136 valence electrons. The molecule has 6 heteroatoms. The zero-order valence-electron chi connectivity index (χ0n) is 14.8. The number of aliphatic carboxylic acids is 1. The summed E-state index contributed by atoms with van der Waals surface area (Å²) in [5.74, 6) is -1.15. The maximum absolute atomic E-state index is 12.7. The van der Waals surface area contributed by atoms with Crippen LogP contribution in [0.15, 0.2) is 24.3 Å². The SMILES string of the molecule is CC(C)C(=O)N1CCCCC1C(=O)Nc1cccc(CCC(=O)O)c1. The van der Waals surface area contributed by atoms with E-state index in [1.165, 1.54) is 0 Å². The van der Waals surface area contributed by atoms with Crippen molar-refractivity contribution in [3.05, 3.63) is 29.8 Å². The summed E-state index contributed by atoms with van der Waals surface area (Å²) in [5, 5.41) is 11.7. The first-order chi connectivity index (χ1) is 11.9. The largest absolute Gasteiger partial charge is 0.481 e. The molecule has 1 fully saturated rings. The number of piperidine rings is 1. The molecule has 25 heavy (non-hydrogen) atoms. The molecular formula is C19H26N2O4. The van der Waals surface area contributed by atoms with Crippen LogP contribution in [0.2, 0.25) is 0 Å². The molecule has 1 unspecified atom stereocenters. The number of anilines is 1. The van der Waals surface area contributed by atoms with Crippen molar-refractivity contribution in [1.29, 1.82) is 0 Å². The molecule has 1 saturated heterocycles. The average Bonchev–Trinajstić information content (AvgIpc) is 2.59. The minimum absolute atomic E-state index is 0.00931. The summed E-state index contributed by atoms with van der Waals surface area (Å²) < 4.78 is 0. The third kappa shape index (κ3) is 5.31. The molecule has 1 aliphatic rings. The Morgan fingerprint density at radius 3 is 2.72 bits per heavy atom. The summed E-state index contributed by atoms with van der Waals surface area (Å²) in [6.45, 7) is 4.31. The monoisotopic (exact) mass is 346 g/mol. The fourth-order valence-electron chi connectivity index (χ4n) is 3.08. The van der Waals surface area contributed by atoms with Crippen LogP contribution in [0.25, 0.3) is 0 Å². The molecule has 1 aromatic carbocycles. The second kappa shape index (κ2) is 8.65. The van der Waals surface area contributed by atoms with Crippen molar-refractivity contribution in [2.45, 2.75) is 52.0 Å². The van der Waals surface area contributed by atoms with Crippen LogP contribution in [0, 0.1) is 5.92 Å². The van der Waals surface area contributed by atoms with Gasteiger partial charge in [-0.2, -0.15) is 0 Å². The number of amides is 2. The number of aryl methyl sites for hydroxylation is 1. The van der Waals surface area contributed by atoms with Gasteiger partial charge in [-0.05, 0) is 43.4 Å². The van der Waals surface area contributed by atoms with Crippen LogP contribution < -0.4 is 5.32 Å². The first-order valence-electron chi connectivity index (χ1n) is 8.80. The quantitative estimate of drug-likeness (QED) is 0.829. The second-order valence-corrected chi connectivity index (χ2v) is 6.78. The van der Waals surface area contributed by atoms with Gasteiger partial charge in [0.05, 0.1) is 0 Å². The van der Waals surface area contributed by atoms with Crippen molar-refractivity contribution in [3.63, 3.8) is 0 Å². The third-order valence-electron chi connectivity index (χ3n) is 4.40. The molecule has 0 aromatic heterocycles. The van der Waals surface area contributed by atoms with E-state index in [1.807, 2.05) is 19.9 Å². The minimum atomic E-state index is -0.848. The van der Waals surface area contributed by atoms with Gasteiger partial charge in [0.2, 0.25) is 11.8 Å². The van der Waals surface area contributed by atoms with Crippen LogP contribution in [0.1, 0.15) is 45.1 Å². The molecule has 0 bridgehead atoms. The Bertz CT molecular complexity index is 642. The maximum atomic E-state index is 12.7. The Balaban J connectivity index is 2.05. The molecular weight excluding hydrogens is 320 g/mol. The highest BCUT2D eigenvalue weighted by atomic mass is 16.4. The summed E-state index contributed by atoms with van der Waals surface area (Å²) in [6.07, 6.45) is 2.99. The van der Waals surface area contributed by atoms with Crippen molar-refractivity contribution in [3.8, 4) is 0 Å². The molecule has 1 aromatic rings. The number of carbonyl (C=O) groups excluding carboxylic acids is 2. The van der Waals surface area contributed by atoms with Gasteiger partial charge in [0, 0.05) is 24.6 Å². The molecule has 2 N–H and O–H groups in total. The number of hydrogen-bond acceptors (Lipinski definition) is 3. The van der Waals surface area contributed by atoms with Crippen molar-refractivity contribution in [2.75, 3.05) is 11.9 Å². The number of nitrogens with one attached hydrogen (secondary N) is 1. The van der Waals surface area contributed by atoms with Crippen molar-refractivity contribution in [2.24, 2.45) is 5.92 Å². The number of rotatable bonds is 6. The van der Waals surface area contributed by atoms with Gasteiger partial charge < -0.3 is 15.3 Å². The molecule has 2 amide bonds. The molecule has 1 atom stereocenters. The van der Waals surface area contributed by atoms with Crippen LogP contribution in [0.3, 0.4) is 0 Å². The summed E-state index contributed by atoms with van der Waals surface area (Å²) in [5.41, 5.74) is 1.49. The van der Waals surface area contributed by atoms with Gasteiger partial charge in [-0.25, -0.2) is 0 Å². The number of nitrogens with zero attached hydrogens (tertiary/aromatic N) is 1. The van der Waals surface area contributed by atoms with E-state index in [2.05, 4.69) is 5.32 Å². The molecule has 2 rings (SSSR count). The molecule has 0 saturated carbocycles. The lowest BCUT2D eigenvalue weighted by Gasteiger charge is -2.35. The highest BCUT2D eigenvalue weighted by Crippen LogP contribution is 2.21. The predicted molar refractivity (Wildman–Crippen MR) is 95.2 cm³/mol. The fourth-order valence-corrected chi connectivity index (χ4v) is 3.08. The lowest BCUT2D eigenvalue weighted by molar-refractivity contribution is -0.143. The molecule has 1 heterocycles. The topological polar surface area (TPSA) is 86.7 Å². The lowest BCUT2D eigenvalue weighted by Crippen LogP contribution is -2.51. The van der Waals surface area contributed by atoms with Crippen molar-refractivity contribution in [1.82, 2.24) is 4.90 Å². The summed E-state index contributed by atoms with van der Waals surface area (Å²) in [7, 11) is 0. The summed E-state index contributed by atoms with van der Waals surface area (Å²) >= 11 is 0. The summed E-state index contributed by atoms with van der Waals surface area (Å²) in [6, 6.07) is 6.77. The Hall–Kier alpha value is -2.37.